The van der Waals surface area contributed by atoms with E-state index in [1.165, 1.54) is 12.0 Å². The second-order valence-electron chi connectivity index (χ2n) is 11.7. The van der Waals surface area contributed by atoms with E-state index in [1.807, 2.05) is 64.4 Å². The highest BCUT2D eigenvalue weighted by Crippen LogP contribution is 2.29. The van der Waals surface area contributed by atoms with E-state index in [0.717, 1.165) is 21.7 Å². The lowest BCUT2D eigenvalue weighted by Crippen LogP contribution is -2.57. The van der Waals surface area contributed by atoms with Crippen LogP contribution in [0.25, 0.3) is 10.4 Å². The van der Waals surface area contributed by atoms with Gasteiger partial charge in [-0.05, 0) is 43.2 Å². The van der Waals surface area contributed by atoms with Crippen LogP contribution in [0.15, 0.2) is 29.8 Å². The molecule has 1 fully saturated rings. The van der Waals surface area contributed by atoms with Crippen molar-refractivity contribution in [3.8, 4) is 10.4 Å². The molecule has 3 amide bonds. The van der Waals surface area contributed by atoms with Crippen LogP contribution in [0.1, 0.15) is 77.1 Å². The van der Waals surface area contributed by atoms with Gasteiger partial charge >= 0.3 is 5.97 Å². The number of unbranched alkanes of at least 4 members (excludes halogenated alkanes) is 1. The van der Waals surface area contributed by atoms with Crippen molar-refractivity contribution >= 4 is 35.0 Å². The number of ether oxygens (including phenoxy) is 1. The average molecular weight is 587 g/mol. The Balaban J connectivity index is 1.65. The fourth-order valence-electron chi connectivity index (χ4n) is 4.91. The third kappa shape index (κ3) is 8.59. The number of β-amino-alcohol motifs (C(OH)–C–C–N with tert-alkyl or cyclic N) is 1. The molecule has 1 aliphatic heterocycles. The van der Waals surface area contributed by atoms with Crippen molar-refractivity contribution in [2.75, 3.05) is 13.7 Å². The molecule has 2 heterocycles. The summed E-state index contributed by atoms with van der Waals surface area (Å²) in [5, 5.41) is 16.3. The van der Waals surface area contributed by atoms with E-state index in [4.69, 9.17) is 0 Å². The van der Waals surface area contributed by atoms with E-state index < -0.39 is 29.5 Å². The molecule has 0 spiro atoms. The second-order valence-corrected chi connectivity index (χ2v) is 12.5. The van der Waals surface area contributed by atoms with Gasteiger partial charge in [0.2, 0.25) is 17.7 Å². The number of likely N-dealkylation sites (tertiary alicyclic amines) is 1. The molecule has 10 nitrogen and oxygen atoms in total. The van der Waals surface area contributed by atoms with Gasteiger partial charge in [0.25, 0.3) is 0 Å². The third-order valence-corrected chi connectivity index (χ3v) is 8.30. The highest BCUT2D eigenvalue weighted by Gasteiger charge is 2.44. The molecule has 0 aliphatic carbocycles. The van der Waals surface area contributed by atoms with Crippen molar-refractivity contribution in [1.29, 1.82) is 0 Å². The van der Waals surface area contributed by atoms with Crippen LogP contribution in [0.2, 0.25) is 0 Å². The van der Waals surface area contributed by atoms with Gasteiger partial charge in [-0.3, -0.25) is 19.2 Å². The molecule has 3 N–H and O–H groups in total. The molecule has 1 aromatic heterocycles. The Labute approximate surface area is 245 Å². The van der Waals surface area contributed by atoms with E-state index in [1.54, 1.807) is 11.3 Å². The molecular weight excluding hydrogens is 544 g/mol. The highest BCUT2D eigenvalue weighted by atomic mass is 32.1. The SMILES string of the molecule is COC(=O)CCCCC(=O)NC(C(=O)N1C[C@H](O)C[C@H]1C(=O)NC(C)c1ccc(-c2scnc2C)cc1)C(C)(C)C. The summed E-state index contributed by atoms with van der Waals surface area (Å²) < 4.78 is 4.62. The molecule has 0 radical (unpaired) electrons. The Morgan fingerprint density at radius 1 is 1.12 bits per heavy atom. The minimum absolute atomic E-state index is 0.00970. The van der Waals surface area contributed by atoms with Crippen molar-refractivity contribution in [1.82, 2.24) is 20.5 Å². The number of thiazole rings is 1. The minimum atomic E-state index is -0.892. The molecular formula is C30H42N4O6S. The first-order valence-electron chi connectivity index (χ1n) is 14.0. The summed E-state index contributed by atoms with van der Waals surface area (Å²) >= 11 is 1.58. The predicted molar refractivity (Wildman–Crippen MR) is 157 cm³/mol. The standard InChI is InChI=1S/C30H42N4O6S/c1-18(20-11-13-21(14-12-20)26-19(2)31-17-41-26)32-28(38)23-15-22(35)16-34(23)29(39)27(30(3,4)5)33-24(36)9-7-8-10-25(37)40-6/h11-14,17-18,22-23,27,35H,7-10,15-16H2,1-6H3,(H,32,38)(H,33,36)/t18?,22-,23+,27?/m1/s1. The number of hydrogen-bond acceptors (Lipinski definition) is 8. The Kier molecular flexibility index (Phi) is 11.0. The number of aliphatic hydroxyl groups excluding tert-OH is 1. The molecule has 3 rings (SSSR count). The Hall–Kier alpha value is -3.31. The predicted octanol–water partition coefficient (Wildman–Crippen LogP) is 3.52. The van der Waals surface area contributed by atoms with Gasteiger partial charge in [0.15, 0.2) is 0 Å². The van der Waals surface area contributed by atoms with E-state index in [9.17, 15) is 24.3 Å². The highest BCUT2D eigenvalue weighted by molar-refractivity contribution is 7.13. The summed E-state index contributed by atoms with van der Waals surface area (Å²) in [6.45, 7) is 9.38. The van der Waals surface area contributed by atoms with Crippen LogP contribution in [0.5, 0.6) is 0 Å². The summed E-state index contributed by atoms with van der Waals surface area (Å²) in [5.41, 5.74) is 4.11. The smallest absolute Gasteiger partial charge is 0.305 e. The first-order chi connectivity index (χ1) is 19.3. The van der Waals surface area contributed by atoms with Gasteiger partial charge < -0.3 is 25.4 Å². The maximum Gasteiger partial charge on any atom is 0.305 e. The number of esters is 1. The third-order valence-electron chi connectivity index (χ3n) is 7.32. The number of nitrogens with one attached hydrogen (secondary N) is 2. The normalized spacial score (nSPS) is 18.5. The fraction of sp³-hybridized carbons (Fsp3) is 0.567. The summed E-state index contributed by atoms with van der Waals surface area (Å²) in [5.74, 6) is -1.41. The van der Waals surface area contributed by atoms with Crippen LogP contribution in [0, 0.1) is 12.3 Å². The lowest BCUT2D eigenvalue weighted by atomic mass is 9.85. The molecule has 11 heteroatoms. The topological polar surface area (TPSA) is 138 Å². The number of carbonyl (C=O) groups excluding carboxylic acids is 4. The van der Waals surface area contributed by atoms with E-state index in [2.05, 4.69) is 20.4 Å². The van der Waals surface area contributed by atoms with Gasteiger partial charge in [0.1, 0.15) is 12.1 Å². The number of aryl methyl sites for hydroxylation is 1. The number of methoxy groups -OCH3 is 1. The molecule has 41 heavy (non-hydrogen) atoms. The van der Waals surface area contributed by atoms with Crippen molar-refractivity contribution in [3.05, 3.63) is 41.0 Å². The van der Waals surface area contributed by atoms with Crippen LogP contribution < -0.4 is 10.6 Å². The largest absolute Gasteiger partial charge is 0.469 e. The molecule has 224 valence electrons. The number of nitrogens with zero attached hydrogens (tertiary/aromatic N) is 2. The van der Waals surface area contributed by atoms with Crippen molar-refractivity contribution < 1.29 is 29.0 Å². The Bertz CT molecular complexity index is 1220. The number of amides is 3. The summed E-state index contributed by atoms with van der Waals surface area (Å²) in [7, 11) is 1.32. The van der Waals surface area contributed by atoms with Gasteiger partial charge in [-0.25, -0.2) is 4.98 Å². The van der Waals surface area contributed by atoms with E-state index in [0.29, 0.717) is 12.8 Å². The van der Waals surface area contributed by atoms with Crippen LogP contribution in [0.3, 0.4) is 0 Å². The first-order valence-corrected chi connectivity index (χ1v) is 14.8. The zero-order valence-electron chi connectivity index (χ0n) is 24.7. The summed E-state index contributed by atoms with van der Waals surface area (Å²) in [4.78, 5) is 57.9. The Morgan fingerprint density at radius 2 is 1.78 bits per heavy atom. The molecule has 0 saturated carbocycles. The maximum absolute atomic E-state index is 13.7. The van der Waals surface area contributed by atoms with Crippen molar-refractivity contribution in [2.45, 2.75) is 91.0 Å². The molecule has 1 aromatic carbocycles. The second kappa shape index (κ2) is 14.0. The molecule has 1 saturated heterocycles. The number of rotatable bonds is 11. The zero-order valence-corrected chi connectivity index (χ0v) is 25.5. The number of aromatic nitrogens is 1. The lowest BCUT2D eigenvalue weighted by Gasteiger charge is -2.35. The van der Waals surface area contributed by atoms with Crippen LogP contribution in [-0.2, 0) is 23.9 Å². The maximum atomic E-state index is 13.7. The van der Waals surface area contributed by atoms with Gasteiger partial charge in [0.05, 0.1) is 35.3 Å². The first kappa shape index (κ1) is 32.2. The zero-order chi connectivity index (χ0) is 30.3. The minimum Gasteiger partial charge on any atom is -0.469 e. The number of aliphatic hydroxyl groups is 1. The molecule has 1 aliphatic rings. The Morgan fingerprint density at radius 3 is 2.37 bits per heavy atom. The van der Waals surface area contributed by atoms with Gasteiger partial charge in [-0.1, -0.05) is 45.0 Å². The number of hydrogen-bond donors (Lipinski definition) is 3. The van der Waals surface area contributed by atoms with Crippen LogP contribution in [-0.4, -0.2) is 70.5 Å². The lowest BCUT2D eigenvalue weighted by molar-refractivity contribution is -0.144. The van der Waals surface area contributed by atoms with Gasteiger partial charge in [0, 0.05) is 25.8 Å². The quantitative estimate of drug-likeness (QED) is 0.271. The van der Waals surface area contributed by atoms with Crippen molar-refractivity contribution in [3.63, 3.8) is 0 Å². The van der Waals surface area contributed by atoms with Gasteiger partial charge in [-0.2, -0.15) is 0 Å². The molecule has 0 bridgehead atoms. The summed E-state index contributed by atoms with van der Waals surface area (Å²) in [6, 6.07) is 5.85. The van der Waals surface area contributed by atoms with E-state index in [-0.39, 0.29) is 49.6 Å². The average Bonchev–Trinajstić information content (AvgIpc) is 3.53. The van der Waals surface area contributed by atoms with E-state index >= 15 is 0 Å². The number of carbonyl (C=O) groups is 4. The van der Waals surface area contributed by atoms with Gasteiger partial charge in [-0.15, -0.1) is 11.3 Å². The number of benzene rings is 1. The molecule has 4 atom stereocenters. The monoisotopic (exact) mass is 586 g/mol. The summed E-state index contributed by atoms with van der Waals surface area (Å²) in [6.07, 6.45) is 0.626. The fourth-order valence-corrected chi connectivity index (χ4v) is 5.72. The van der Waals surface area contributed by atoms with Crippen molar-refractivity contribution in [2.24, 2.45) is 5.41 Å². The molecule has 2 aromatic rings. The van der Waals surface area contributed by atoms with Crippen LogP contribution in [0.4, 0.5) is 0 Å². The van der Waals surface area contributed by atoms with Crippen LogP contribution >= 0.6 is 11.3 Å². The molecule has 2 unspecified atom stereocenters.